The fourth-order valence-electron chi connectivity index (χ4n) is 9.18. The molecule has 2 fully saturated rings. The van der Waals surface area contributed by atoms with Gasteiger partial charge in [-0.25, -0.2) is 14.8 Å². The van der Waals surface area contributed by atoms with Crippen molar-refractivity contribution >= 4 is 58.5 Å². The number of imidazole rings is 2. The molecular formula is C43H50Cl2N8O6. The van der Waals surface area contributed by atoms with E-state index < -0.39 is 54.7 Å². The van der Waals surface area contributed by atoms with Crippen molar-refractivity contribution in [3.05, 3.63) is 80.9 Å². The van der Waals surface area contributed by atoms with Gasteiger partial charge in [0.15, 0.2) is 11.6 Å². The van der Waals surface area contributed by atoms with Crippen LogP contribution in [0.15, 0.2) is 36.4 Å². The number of fused-ring (bicyclic) bond motifs is 4. The standard InChI is InChI=1S/C43H50Cl2N8O6/c1-41(2,3)59-40(58)53-20-13-32-30(23-53)47-36(51(32)5)38(55)49-28-11-7-9-26(34(28)45)25-8-6-10-27(33(25)44)48-37(54)35-46-29-22-52(19-12-31(29)50(35)4)21-18-42-14-16-43(24-42,17-15-42)39(56)57/h6-11H,12-24H2,1-5H3,(H,48,54)(H,49,55)(H,56,57)/i4D3,5D3. The van der Waals surface area contributed by atoms with Gasteiger partial charge in [0.25, 0.3) is 11.8 Å². The molecule has 3 N–H and O–H groups in total. The second-order valence-corrected chi connectivity index (χ2v) is 18.0. The summed E-state index contributed by atoms with van der Waals surface area (Å²) in [7, 11) is 0. The highest BCUT2D eigenvalue weighted by molar-refractivity contribution is 6.40. The van der Waals surface area contributed by atoms with Gasteiger partial charge < -0.3 is 34.5 Å². The number of aromatic nitrogens is 4. The van der Waals surface area contributed by atoms with Gasteiger partial charge in [0, 0.05) is 77.2 Å². The van der Waals surface area contributed by atoms with Gasteiger partial charge in [-0.1, -0.05) is 47.5 Å². The second-order valence-electron chi connectivity index (χ2n) is 17.3. The highest BCUT2D eigenvalue weighted by atomic mass is 35.5. The SMILES string of the molecule is [2H]C([2H])([2H])n1c(C(=O)Nc2cccc(-c3cccc(NC(=O)c4nc5c(n4C([2H])([2H])[2H])CCN(C(=O)OC(C)(C)C)C5)c3Cl)c2Cl)nc2c1CCN(CCC13CCC(C(=O)O)(CC1)C3)C2. The molecule has 2 aromatic carbocycles. The van der Waals surface area contributed by atoms with Crippen LogP contribution in [-0.4, -0.2) is 83.1 Å². The smallest absolute Gasteiger partial charge is 0.410 e. The predicted molar refractivity (Wildman–Crippen MR) is 224 cm³/mol. The minimum Gasteiger partial charge on any atom is -0.481 e. The maximum absolute atomic E-state index is 14.0. The number of carboxylic acids is 1. The Morgan fingerprint density at radius 3 is 1.88 bits per heavy atom. The van der Waals surface area contributed by atoms with Crippen molar-refractivity contribution < 1.29 is 37.2 Å². The Labute approximate surface area is 361 Å². The van der Waals surface area contributed by atoms with Crippen molar-refractivity contribution in [3.8, 4) is 11.1 Å². The van der Waals surface area contributed by atoms with E-state index in [9.17, 15) is 24.3 Å². The molecule has 8 rings (SSSR count). The van der Waals surface area contributed by atoms with Crippen LogP contribution in [-0.2, 0) is 49.4 Å². The number of amides is 3. The number of ether oxygens (including phenoxy) is 1. The largest absolute Gasteiger partial charge is 0.481 e. The topological polar surface area (TPSA) is 164 Å². The average Bonchev–Trinajstić information content (AvgIpc) is 4.00. The number of benzene rings is 2. The molecule has 16 heteroatoms. The first-order valence-corrected chi connectivity index (χ1v) is 20.5. The van der Waals surface area contributed by atoms with Crippen LogP contribution in [0.4, 0.5) is 16.2 Å². The van der Waals surface area contributed by atoms with E-state index in [2.05, 4.69) is 25.5 Å². The van der Waals surface area contributed by atoms with Crippen molar-refractivity contribution in [1.29, 1.82) is 0 Å². The second kappa shape index (κ2) is 15.3. The maximum atomic E-state index is 14.0. The zero-order valence-corrected chi connectivity index (χ0v) is 34.6. The summed E-state index contributed by atoms with van der Waals surface area (Å²) in [6.07, 6.45) is 4.58. The Morgan fingerprint density at radius 2 is 1.37 bits per heavy atom. The lowest BCUT2D eigenvalue weighted by Gasteiger charge is -2.32. The average molecular weight is 852 g/mol. The molecule has 2 aromatic heterocycles. The van der Waals surface area contributed by atoms with E-state index in [0.717, 1.165) is 28.4 Å². The third kappa shape index (κ3) is 7.70. The molecule has 59 heavy (non-hydrogen) atoms. The summed E-state index contributed by atoms with van der Waals surface area (Å²) >= 11 is 13.9. The van der Waals surface area contributed by atoms with E-state index in [1.165, 1.54) is 11.0 Å². The van der Waals surface area contributed by atoms with E-state index >= 15 is 0 Å². The van der Waals surface area contributed by atoms with Crippen molar-refractivity contribution in [2.75, 3.05) is 30.3 Å². The number of carbonyl (C=O) groups is 4. The van der Waals surface area contributed by atoms with Gasteiger partial charge in [0.05, 0.1) is 44.8 Å². The number of nitrogens with zero attached hydrogens (tertiary/aromatic N) is 6. The van der Waals surface area contributed by atoms with Crippen LogP contribution >= 0.6 is 23.2 Å². The van der Waals surface area contributed by atoms with E-state index in [4.69, 9.17) is 36.2 Å². The Morgan fingerprint density at radius 1 is 0.831 bits per heavy atom. The molecule has 2 bridgehead atoms. The molecule has 0 radical (unpaired) electrons. The van der Waals surface area contributed by atoms with Crippen LogP contribution in [0.1, 0.15) is 112 Å². The Kier molecular flexibility index (Phi) is 8.77. The summed E-state index contributed by atoms with van der Waals surface area (Å²) < 4.78 is 57.2. The predicted octanol–water partition coefficient (Wildman–Crippen LogP) is 7.71. The van der Waals surface area contributed by atoms with E-state index in [-0.39, 0.29) is 57.9 Å². The zero-order valence-electron chi connectivity index (χ0n) is 39.1. The molecule has 4 heterocycles. The molecule has 312 valence electrons. The Balaban J connectivity index is 0.994. The van der Waals surface area contributed by atoms with Crippen molar-refractivity contribution in [1.82, 2.24) is 28.9 Å². The molecule has 0 saturated heterocycles. The molecule has 14 nitrogen and oxygen atoms in total. The normalized spacial score (nSPS) is 23.2. The van der Waals surface area contributed by atoms with E-state index in [1.807, 2.05) is 0 Å². The number of hydrogen-bond donors (Lipinski definition) is 3. The van der Waals surface area contributed by atoms with Gasteiger partial charge in [-0.2, -0.15) is 0 Å². The summed E-state index contributed by atoms with van der Waals surface area (Å²) in [5, 5.41) is 15.4. The number of halogens is 2. The van der Waals surface area contributed by atoms with Gasteiger partial charge in [0.2, 0.25) is 0 Å². The Bertz CT molecular complexity index is 2600. The van der Waals surface area contributed by atoms with Crippen LogP contribution in [0.3, 0.4) is 0 Å². The lowest BCUT2D eigenvalue weighted by atomic mass is 9.80. The summed E-state index contributed by atoms with van der Waals surface area (Å²) in [5.74, 6) is -3.07. The molecule has 4 aliphatic rings. The molecule has 2 aliphatic heterocycles. The van der Waals surface area contributed by atoms with Crippen LogP contribution < -0.4 is 10.6 Å². The van der Waals surface area contributed by atoms with Crippen LogP contribution in [0.5, 0.6) is 0 Å². The number of nitrogens with one attached hydrogen (secondary N) is 2. The number of carboxylic acid groups (broad SMARTS) is 1. The van der Waals surface area contributed by atoms with Crippen molar-refractivity contribution in [2.24, 2.45) is 24.8 Å². The van der Waals surface area contributed by atoms with Crippen LogP contribution in [0.2, 0.25) is 10.0 Å². The number of hydrogen-bond acceptors (Lipinski definition) is 8. The molecule has 0 unspecified atom stereocenters. The van der Waals surface area contributed by atoms with Gasteiger partial charge in [0.1, 0.15) is 5.60 Å². The summed E-state index contributed by atoms with van der Waals surface area (Å²) in [5.41, 5.74) is 1.05. The van der Waals surface area contributed by atoms with Gasteiger partial charge in [-0.05, 0) is 83.4 Å². The van der Waals surface area contributed by atoms with E-state index in [1.54, 1.807) is 51.1 Å². The van der Waals surface area contributed by atoms with Crippen LogP contribution in [0.25, 0.3) is 11.1 Å². The van der Waals surface area contributed by atoms with Gasteiger partial charge in [-0.3, -0.25) is 19.3 Å². The van der Waals surface area contributed by atoms with Gasteiger partial charge in [-0.15, -0.1) is 0 Å². The monoisotopic (exact) mass is 850 g/mol. The van der Waals surface area contributed by atoms with Crippen molar-refractivity contribution in [3.63, 3.8) is 0 Å². The van der Waals surface area contributed by atoms with Gasteiger partial charge >= 0.3 is 12.1 Å². The fourth-order valence-corrected chi connectivity index (χ4v) is 9.73. The first kappa shape index (κ1) is 33.9. The third-order valence-corrected chi connectivity index (χ3v) is 13.2. The first-order chi connectivity index (χ1) is 30.4. The molecule has 2 aliphatic carbocycles. The summed E-state index contributed by atoms with van der Waals surface area (Å²) in [6.45, 7) is 1.41. The number of aliphatic carboxylic acids is 1. The number of anilines is 2. The van der Waals surface area contributed by atoms with Crippen LogP contribution in [0, 0.1) is 10.8 Å². The quantitative estimate of drug-likeness (QED) is 0.153. The third-order valence-electron chi connectivity index (χ3n) is 12.3. The number of rotatable bonds is 9. The molecular weight excluding hydrogens is 795 g/mol. The Hall–Kier alpha value is -4.92. The lowest BCUT2D eigenvalue weighted by molar-refractivity contribution is -0.148. The van der Waals surface area contributed by atoms with Crippen molar-refractivity contribution in [2.45, 2.75) is 90.8 Å². The molecule has 0 spiro atoms. The molecule has 3 amide bonds. The lowest BCUT2D eigenvalue weighted by Crippen LogP contribution is -2.40. The highest BCUT2D eigenvalue weighted by Crippen LogP contribution is 2.63. The zero-order chi connectivity index (χ0) is 47.0. The molecule has 2 saturated carbocycles. The number of carbonyl (C=O) groups excluding carboxylic acids is 3. The highest BCUT2D eigenvalue weighted by Gasteiger charge is 2.57. The molecule has 4 aromatic rings. The maximum Gasteiger partial charge on any atom is 0.410 e. The summed E-state index contributed by atoms with van der Waals surface area (Å²) in [6, 6.07) is 9.56. The summed E-state index contributed by atoms with van der Waals surface area (Å²) in [4.78, 5) is 65.2. The minimum atomic E-state index is -2.78. The fraction of sp³-hybridized carbons (Fsp3) is 0.488. The van der Waals surface area contributed by atoms with E-state index in [0.29, 0.717) is 73.5 Å². The molecule has 0 atom stereocenters. The first-order valence-electron chi connectivity index (χ1n) is 22.7. The minimum absolute atomic E-state index is 0.00331.